The van der Waals surface area contributed by atoms with Gasteiger partial charge in [-0.2, -0.15) is 0 Å². The summed E-state index contributed by atoms with van der Waals surface area (Å²) in [6.45, 7) is 4.64. The monoisotopic (exact) mass is 250 g/mol. The number of carbonyl (C=O) groups is 1. The van der Waals surface area contributed by atoms with E-state index in [1.165, 1.54) is 57.8 Å². The van der Waals surface area contributed by atoms with Crippen LogP contribution in [0.4, 0.5) is 0 Å². The third-order valence-electron chi connectivity index (χ3n) is 5.50. The van der Waals surface area contributed by atoms with Gasteiger partial charge in [0.25, 0.3) is 0 Å². The number of carbonyl (C=O) groups excluding carboxylic acids is 1. The molecule has 0 amide bonds. The van der Waals surface area contributed by atoms with Gasteiger partial charge < -0.3 is 0 Å². The van der Waals surface area contributed by atoms with Gasteiger partial charge in [-0.1, -0.05) is 33.1 Å². The zero-order chi connectivity index (χ0) is 13.0. The Morgan fingerprint density at radius 2 is 1.44 bits per heavy atom. The van der Waals surface area contributed by atoms with Crippen molar-refractivity contribution in [3.05, 3.63) is 0 Å². The largest absolute Gasteiger partial charge is 0.299 e. The van der Waals surface area contributed by atoms with E-state index in [2.05, 4.69) is 13.8 Å². The molecule has 1 heteroatoms. The van der Waals surface area contributed by atoms with Crippen molar-refractivity contribution in [1.82, 2.24) is 0 Å². The molecule has 2 aliphatic carbocycles. The van der Waals surface area contributed by atoms with Crippen molar-refractivity contribution in [1.29, 1.82) is 0 Å². The molecule has 2 fully saturated rings. The number of ketones is 1. The topological polar surface area (TPSA) is 17.1 Å². The van der Waals surface area contributed by atoms with Crippen molar-refractivity contribution in [2.75, 3.05) is 0 Å². The van der Waals surface area contributed by atoms with Gasteiger partial charge in [-0.3, -0.25) is 4.79 Å². The summed E-state index contributed by atoms with van der Waals surface area (Å²) in [4.78, 5) is 12.3. The van der Waals surface area contributed by atoms with Crippen LogP contribution in [0.2, 0.25) is 0 Å². The van der Waals surface area contributed by atoms with Crippen LogP contribution in [0.5, 0.6) is 0 Å². The molecule has 0 bridgehead atoms. The average molecular weight is 250 g/mol. The van der Waals surface area contributed by atoms with Gasteiger partial charge in [0.15, 0.2) is 0 Å². The van der Waals surface area contributed by atoms with Gasteiger partial charge in [0.1, 0.15) is 5.78 Å². The maximum absolute atomic E-state index is 12.3. The smallest absolute Gasteiger partial charge is 0.136 e. The second-order valence-electron chi connectivity index (χ2n) is 6.92. The van der Waals surface area contributed by atoms with E-state index in [9.17, 15) is 4.79 Å². The molecule has 0 aromatic rings. The van der Waals surface area contributed by atoms with Gasteiger partial charge in [-0.05, 0) is 56.3 Å². The van der Waals surface area contributed by atoms with E-state index >= 15 is 0 Å². The molecule has 0 unspecified atom stereocenters. The Balaban J connectivity index is 1.72. The maximum Gasteiger partial charge on any atom is 0.136 e. The predicted octanol–water partition coefficient (Wildman–Crippen LogP) is 4.99. The third kappa shape index (κ3) is 3.83. The first kappa shape index (κ1) is 14.1. The Kier molecular flexibility index (Phi) is 5.26. The van der Waals surface area contributed by atoms with Crippen molar-refractivity contribution < 1.29 is 4.79 Å². The minimum absolute atomic E-state index is 0.423. The molecular weight excluding hydrogens is 220 g/mol. The Bertz CT molecular complexity index is 255. The highest BCUT2D eigenvalue weighted by Gasteiger charge is 2.28. The Morgan fingerprint density at radius 1 is 0.889 bits per heavy atom. The Morgan fingerprint density at radius 3 is 2.00 bits per heavy atom. The first-order chi connectivity index (χ1) is 8.69. The normalized spacial score (nSPS) is 37.4. The van der Waals surface area contributed by atoms with Crippen LogP contribution in [0.15, 0.2) is 0 Å². The van der Waals surface area contributed by atoms with Crippen LogP contribution in [-0.2, 0) is 4.79 Å². The zero-order valence-electron chi connectivity index (χ0n) is 12.3. The highest BCUT2D eigenvalue weighted by Crippen LogP contribution is 2.35. The summed E-state index contributed by atoms with van der Waals surface area (Å²) in [5, 5.41) is 0. The van der Waals surface area contributed by atoms with Crippen molar-refractivity contribution in [2.45, 2.75) is 78.1 Å². The van der Waals surface area contributed by atoms with Crippen molar-refractivity contribution in [3.63, 3.8) is 0 Å². The van der Waals surface area contributed by atoms with E-state index in [0.717, 1.165) is 24.2 Å². The second-order valence-corrected chi connectivity index (χ2v) is 6.92. The van der Waals surface area contributed by atoms with Gasteiger partial charge in [0.05, 0.1) is 0 Å². The molecule has 0 radical (unpaired) electrons. The minimum atomic E-state index is 0.423. The lowest BCUT2D eigenvalue weighted by Gasteiger charge is -2.30. The average Bonchev–Trinajstić information content (AvgIpc) is 2.41. The molecule has 1 nitrogen and oxygen atoms in total. The summed E-state index contributed by atoms with van der Waals surface area (Å²) in [6, 6.07) is 0. The Labute approximate surface area is 113 Å². The first-order valence-electron chi connectivity index (χ1n) is 8.21. The molecule has 0 N–H and O–H groups in total. The molecule has 0 aromatic heterocycles. The Hall–Kier alpha value is -0.330. The summed E-state index contributed by atoms with van der Waals surface area (Å²) in [5.74, 6) is 3.55. The number of hydrogen-bond acceptors (Lipinski definition) is 1. The molecule has 2 saturated carbocycles. The molecule has 0 saturated heterocycles. The quantitative estimate of drug-likeness (QED) is 0.687. The molecule has 0 spiro atoms. The lowest BCUT2D eigenvalue weighted by atomic mass is 9.75. The number of hydrogen-bond donors (Lipinski definition) is 0. The van der Waals surface area contributed by atoms with Crippen LogP contribution in [-0.4, -0.2) is 5.78 Å². The van der Waals surface area contributed by atoms with E-state index in [0.29, 0.717) is 11.7 Å². The standard InChI is InChI=1S/C17H30O/c1-3-14-8-10-16(11-9-14)17(18)12-15-6-4-13(2)5-7-15/h13-16H,3-12H2,1-2H3. The summed E-state index contributed by atoms with van der Waals surface area (Å²) < 4.78 is 0. The van der Waals surface area contributed by atoms with Crippen LogP contribution in [0.25, 0.3) is 0 Å². The third-order valence-corrected chi connectivity index (χ3v) is 5.50. The minimum Gasteiger partial charge on any atom is -0.299 e. The molecule has 0 aromatic carbocycles. The SMILES string of the molecule is CCC1CCC(C(=O)CC2CCC(C)CC2)CC1. The van der Waals surface area contributed by atoms with Crippen LogP contribution in [0.1, 0.15) is 78.1 Å². The highest BCUT2D eigenvalue weighted by molar-refractivity contribution is 5.81. The van der Waals surface area contributed by atoms with Gasteiger partial charge in [-0.25, -0.2) is 0 Å². The van der Waals surface area contributed by atoms with E-state index in [4.69, 9.17) is 0 Å². The fourth-order valence-electron chi connectivity index (χ4n) is 3.88. The van der Waals surface area contributed by atoms with Crippen LogP contribution < -0.4 is 0 Å². The lowest BCUT2D eigenvalue weighted by molar-refractivity contribution is -0.125. The number of Topliss-reactive ketones (excluding diaryl/α,β-unsaturated/α-hetero) is 1. The van der Waals surface area contributed by atoms with Crippen LogP contribution in [0, 0.1) is 23.7 Å². The number of rotatable bonds is 4. The summed E-state index contributed by atoms with van der Waals surface area (Å²) in [6.07, 6.45) is 12.5. The van der Waals surface area contributed by atoms with Crippen LogP contribution >= 0.6 is 0 Å². The lowest BCUT2D eigenvalue weighted by Crippen LogP contribution is -2.25. The summed E-state index contributed by atoms with van der Waals surface area (Å²) >= 11 is 0. The van der Waals surface area contributed by atoms with E-state index in [1.54, 1.807) is 0 Å². The summed E-state index contributed by atoms with van der Waals surface area (Å²) in [7, 11) is 0. The van der Waals surface area contributed by atoms with E-state index < -0.39 is 0 Å². The maximum atomic E-state index is 12.3. The van der Waals surface area contributed by atoms with E-state index in [1.807, 2.05) is 0 Å². The zero-order valence-corrected chi connectivity index (χ0v) is 12.3. The summed E-state index contributed by atoms with van der Waals surface area (Å²) in [5.41, 5.74) is 0. The van der Waals surface area contributed by atoms with Crippen molar-refractivity contribution in [3.8, 4) is 0 Å². The molecule has 0 aliphatic heterocycles. The van der Waals surface area contributed by atoms with Gasteiger partial charge >= 0.3 is 0 Å². The van der Waals surface area contributed by atoms with Crippen molar-refractivity contribution in [2.24, 2.45) is 23.7 Å². The van der Waals surface area contributed by atoms with Gasteiger partial charge in [0, 0.05) is 12.3 Å². The first-order valence-corrected chi connectivity index (χ1v) is 8.21. The van der Waals surface area contributed by atoms with Crippen LogP contribution in [0.3, 0.4) is 0 Å². The molecular formula is C17H30O. The molecule has 2 aliphatic rings. The fraction of sp³-hybridized carbons (Fsp3) is 0.941. The highest BCUT2D eigenvalue weighted by atomic mass is 16.1. The second kappa shape index (κ2) is 6.73. The molecule has 0 atom stereocenters. The van der Waals surface area contributed by atoms with Crippen molar-refractivity contribution >= 4 is 5.78 Å². The predicted molar refractivity (Wildman–Crippen MR) is 76.5 cm³/mol. The molecule has 18 heavy (non-hydrogen) atoms. The van der Waals surface area contributed by atoms with E-state index in [-0.39, 0.29) is 0 Å². The molecule has 104 valence electrons. The van der Waals surface area contributed by atoms with Gasteiger partial charge in [-0.15, -0.1) is 0 Å². The molecule has 2 rings (SSSR count). The molecule has 0 heterocycles. The fourth-order valence-corrected chi connectivity index (χ4v) is 3.88. The van der Waals surface area contributed by atoms with Gasteiger partial charge in [0.2, 0.25) is 0 Å².